The molecule has 0 fully saturated rings. The summed E-state index contributed by atoms with van der Waals surface area (Å²) in [6.07, 6.45) is 1.59. The van der Waals surface area contributed by atoms with Crippen LogP contribution in [0.3, 0.4) is 0 Å². The molecule has 1 aromatic carbocycles. The zero-order valence-electron chi connectivity index (χ0n) is 8.53. The number of rotatable bonds is 1. The number of ether oxygens (including phenoxy) is 1. The minimum atomic E-state index is 0.885. The SMILES string of the molecule is Bc1cc2ncnc(B)c2cc1OC. The number of hydrogen-bond acceptors (Lipinski definition) is 3. The van der Waals surface area contributed by atoms with Crippen molar-refractivity contribution >= 4 is 37.7 Å². The Morgan fingerprint density at radius 3 is 2.71 bits per heavy atom. The van der Waals surface area contributed by atoms with Crippen molar-refractivity contribution in [2.24, 2.45) is 0 Å². The number of methoxy groups -OCH3 is 1. The van der Waals surface area contributed by atoms with E-state index in [1.807, 2.05) is 27.8 Å². The molecule has 1 aromatic heterocycles. The van der Waals surface area contributed by atoms with Gasteiger partial charge in [-0.05, 0) is 17.6 Å². The summed E-state index contributed by atoms with van der Waals surface area (Å²) < 4.78 is 5.25. The summed E-state index contributed by atoms with van der Waals surface area (Å²) in [6, 6.07) is 4.00. The number of hydrogen-bond donors (Lipinski definition) is 0. The van der Waals surface area contributed by atoms with Crippen LogP contribution in [0.5, 0.6) is 5.75 Å². The largest absolute Gasteiger partial charge is 0.497 e. The van der Waals surface area contributed by atoms with E-state index in [2.05, 4.69) is 9.97 Å². The molecule has 0 bridgehead atoms. The summed E-state index contributed by atoms with van der Waals surface area (Å²) in [5.74, 6) is 0.885. The third kappa shape index (κ3) is 1.35. The Morgan fingerprint density at radius 1 is 1.21 bits per heavy atom. The first kappa shape index (κ1) is 9.06. The predicted molar refractivity (Wildman–Crippen MR) is 62.4 cm³/mol. The molecular weight excluding hydrogens is 174 g/mol. The summed E-state index contributed by atoms with van der Waals surface area (Å²) in [5, 5.41) is 1.05. The topological polar surface area (TPSA) is 35.0 Å². The monoisotopic (exact) mass is 184 g/mol. The first-order chi connectivity index (χ1) is 6.72. The van der Waals surface area contributed by atoms with E-state index < -0.39 is 0 Å². The fraction of sp³-hybridized carbons (Fsp3) is 0.111. The Kier molecular flexibility index (Phi) is 2.15. The van der Waals surface area contributed by atoms with Crippen molar-refractivity contribution in [1.29, 1.82) is 0 Å². The van der Waals surface area contributed by atoms with E-state index in [9.17, 15) is 0 Å². The maximum atomic E-state index is 5.25. The van der Waals surface area contributed by atoms with E-state index in [1.54, 1.807) is 13.4 Å². The Bertz CT molecular complexity index is 487. The zero-order valence-corrected chi connectivity index (χ0v) is 8.53. The molecule has 3 nitrogen and oxygen atoms in total. The van der Waals surface area contributed by atoms with Crippen LogP contribution in [0.25, 0.3) is 10.9 Å². The maximum Gasteiger partial charge on any atom is 0.164 e. The van der Waals surface area contributed by atoms with E-state index in [0.717, 1.165) is 27.7 Å². The molecular formula is C9H10B2N2O. The second-order valence-electron chi connectivity index (χ2n) is 3.30. The quantitative estimate of drug-likeness (QED) is 0.488. The summed E-state index contributed by atoms with van der Waals surface area (Å²) in [7, 11) is 5.65. The zero-order chi connectivity index (χ0) is 10.1. The third-order valence-electron chi connectivity index (χ3n) is 2.35. The van der Waals surface area contributed by atoms with Gasteiger partial charge in [0.25, 0.3) is 0 Å². The second-order valence-corrected chi connectivity index (χ2v) is 3.30. The molecule has 14 heavy (non-hydrogen) atoms. The number of benzene rings is 1. The Hall–Kier alpha value is -1.51. The number of nitrogens with zero attached hydrogens (tertiary/aromatic N) is 2. The van der Waals surface area contributed by atoms with Gasteiger partial charge in [-0.1, -0.05) is 0 Å². The van der Waals surface area contributed by atoms with Crippen LogP contribution in [0.15, 0.2) is 18.5 Å². The van der Waals surface area contributed by atoms with Gasteiger partial charge in [-0.3, -0.25) is 4.98 Å². The van der Waals surface area contributed by atoms with E-state index >= 15 is 0 Å². The molecule has 5 heteroatoms. The normalized spacial score (nSPS) is 10.4. The van der Waals surface area contributed by atoms with Crippen LogP contribution in [0.1, 0.15) is 0 Å². The molecule has 0 saturated heterocycles. The van der Waals surface area contributed by atoms with Gasteiger partial charge in [-0.15, -0.1) is 0 Å². The summed E-state index contributed by atoms with van der Waals surface area (Å²) in [6.45, 7) is 0. The van der Waals surface area contributed by atoms with Gasteiger partial charge in [0, 0.05) is 11.0 Å². The lowest BCUT2D eigenvalue weighted by Crippen LogP contribution is -2.14. The van der Waals surface area contributed by atoms with Gasteiger partial charge in [0.2, 0.25) is 0 Å². The van der Waals surface area contributed by atoms with Crippen LogP contribution in [-0.4, -0.2) is 32.8 Å². The van der Waals surface area contributed by atoms with Crippen LogP contribution < -0.4 is 15.8 Å². The van der Waals surface area contributed by atoms with E-state index in [4.69, 9.17) is 4.74 Å². The number of fused-ring (bicyclic) bond motifs is 1. The van der Waals surface area contributed by atoms with Gasteiger partial charge < -0.3 is 4.74 Å². The van der Waals surface area contributed by atoms with Crippen LogP contribution in [0.4, 0.5) is 0 Å². The second kappa shape index (κ2) is 3.33. The van der Waals surface area contributed by atoms with Gasteiger partial charge in [-0.25, -0.2) is 4.98 Å². The molecule has 0 aliphatic heterocycles. The highest BCUT2D eigenvalue weighted by molar-refractivity contribution is 6.39. The van der Waals surface area contributed by atoms with Gasteiger partial charge in [0.05, 0.1) is 12.6 Å². The lowest BCUT2D eigenvalue weighted by molar-refractivity contribution is 0.419. The van der Waals surface area contributed by atoms with E-state index in [-0.39, 0.29) is 0 Å². The molecule has 0 spiro atoms. The van der Waals surface area contributed by atoms with Crippen molar-refractivity contribution in [3.63, 3.8) is 0 Å². The molecule has 2 rings (SSSR count). The molecule has 0 aliphatic carbocycles. The summed E-state index contributed by atoms with van der Waals surface area (Å²) in [5.41, 5.74) is 3.04. The molecule has 1 heterocycles. The smallest absolute Gasteiger partial charge is 0.164 e. The van der Waals surface area contributed by atoms with Crippen LogP contribution in [0.2, 0.25) is 0 Å². The van der Waals surface area contributed by atoms with Gasteiger partial charge >= 0.3 is 0 Å². The average molecular weight is 184 g/mol. The maximum absolute atomic E-state index is 5.25. The van der Waals surface area contributed by atoms with Crippen molar-refractivity contribution in [3.05, 3.63) is 18.5 Å². The molecule has 0 amide bonds. The Morgan fingerprint density at radius 2 is 2.00 bits per heavy atom. The van der Waals surface area contributed by atoms with Gasteiger partial charge in [0.15, 0.2) is 7.85 Å². The fourth-order valence-corrected chi connectivity index (χ4v) is 1.54. The average Bonchev–Trinajstić information content (AvgIpc) is 2.17. The first-order valence-electron chi connectivity index (χ1n) is 4.48. The minimum absolute atomic E-state index is 0.885. The van der Waals surface area contributed by atoms with Crippen LogP contribution in [-0.2, 0) is 0 Å². The molecule has 68 valence electrons. The highest BCUT2D eigenvalue weighted by atomic mass is 16.5. The first-order valence-corrected chi connectivity index (χ1v) is 4.48. The lowest BCUT2D eigenvalue weighted by atomic mass is 9.91. The lowest BCUT2D eigenvalue weighted by Gasteiger charge is -2.07. The van der Waals surface area contributed by atoms with Crippen molar-refractivity contribution < 1.29 is 4.74 Å². The molecule has 2 aromatic rings. The van der Waals surface area contributed by atoms with Crippen LogP contribution >= 0.6 is 0 Å². The van der Waals surface area contributed by atoms with Crippen molar-refractivity contribution in [2.75, 3.05) is 7.11 Å². The van der Waals surface area contributed by atoms with Crippen molar-refractivity contribution in [2.45, 2.75) is 0 Å². The highest BCUT2D eigenvalue weighted by Gasteiger charge is 2.04. The van der Waals surface area contributed by atoms with E-state index in [0.29, 0.717) is 0 Å². The van der Waals surface area contributed by atoms with Crippen molar-refractivity contribution in [1.82, 2.24) is 9.97 Å². The fourth-order valence-electron chi connectivity index (χ4n) is 1.54. The summed E-state index contributed by atoms with van der Waals surface area (Å²) in [4.78, 5) is 8.36. The van der Waals surface area contributed by atoms with Gasteiger partial charge in [0.1, 0.15) is 19.9 Å². The van der Waals surface area contributed by atoms with Crippen LogP contribution in [0, 0.1) is 0 Å². The van der Waals surface area contributed by atoms with Gasteiger partial charge in [-0.2, -0.15) is 0 Å². The molecule has 0 atom stereocenters. The molecule has 0 unspecified atom stereocenters. The van der Waals surface area contributed by atoms with E-state index in [1.165, 1.54) is 0 Å². The number of aromatic nitrogens is 2. The summed E-state index contributed by atoms with van der Waals surface area (Å²) >= 11 is 0. The highest BCUT2D eigenvalue weighted by Crippen LogP contribution is 2.13. The predicted octanol–water partition coefficient (Wildman–Crippen LogP) is -1.84. The Labute approximate surface area is 84.3 Å². The Balaban J connectivity index is 2.80. The molecule has 0 saturated carbocycles. The molecule has 0 N–H and O–H groups in total. The van der Waals surface area contributed by atoms with Crippen molar-refractivity contribution in [3.8, 4) is 5.75 Å². The molecule has 0 radical (unpaired) electrons. The molecule has 0 aliphatic rings. The third-order valence-corrected chi connectivity index (χ3v) is 2.35. The standard InChI is InChI=1S/C9H10B2N2O/c1-14-8-2-5-7(3-6(8)10)12-4-13-9(5)11/h2-4H,10-11H2,1H3. The minimum Gasteiger partial charge on any atom is -0.497 e.